The van der Waals surface area contributed by atoms with Crippen LogP contribution in [0.2, 0.25) is 0 Å². The van der Waals surface area contributed by atoms with E-state index >= 15 is 0 Å². The third-order valence-corrected chi connectivity index (χ3v) is 4.01. The fourth-order valence-electron chi connectivity index (χ4n) is 2.92. The second-order valence-corrected chi connectivity index (χ2v) is 5.74. The largest absolute Gasteiger partial charge is 0.381 e. The van der Waals surface area contributed by atoms with Crippen LogP contribution in [0.15, 0.2) is 0 Å². The van der Waals surface area contributed by atoms with Gasteiger partial charge in [0.15, 0.2) is 5.82 Å². The van der Waals surface area contributed by atoms with Gasteiger partial charge in [-0.3, -0.25) is 10.00 Å². The Bertz CT molecular complexity index is 417. The Hall–Kier alpha value is -0.980. The molecule has 2 saturated heterocycles. The molecule has 2 aliphatic rings. The van der Waals surface area contributed by atoms with Gasteiger partial charge in [0.05, 0.1) is 13.2 Å². The fourth-order valence-corrected chi connectivity index (χ4v) is 2.92. The molecule has 20 heavy (non-hydrogen) atoms. The summed E-state index contributed by atoms with van der Waals surface area (Å²) in [5.74, 6) is 2.45. The lowest BCUT2D eigenvalue weighted by Gasteiger charge is -2.32. The topological polar surface area (TPSA) is 63.3 Å². The van der Waals surface area contributed by atoms with Crippen LogP contribution in [0.1, 0.15) is 37.5 Å². The van der Waals surface area contributed by atoms with E-state index in [1.54, 1.807) is 0 Å². The number of aryl methyl sites for hydroxylation is 1. The van der Waals surface area contributed by atoms with Crippen LogP contribution in [0.4, 0.5) is 0 Å². The first kappa shape index (κ1) is 14.0. The van der Waals surface area contributed by atoms with Crippen molar-refractivity contribution in [1.82, 2.24) is 20.1 Å². The van der Waals surface area contributed by atoms with E-state index in [2.05, 4.69) is 27.0 Å². The maximum absolute atomic E-state index is 5.83. The van der Waals surface area contributed by atoms with Gasteiger partial charge in [0.1, 0.15) is 11.9 Å². The SMILES string of the molecule is CCCc1nc([C@@H]2CN(C[C@@H]3CCOC3)CCO2)n[nH]1. The van der Waals surface area contributed by atoms with Crippen LogP contribution in [0.3, 0.4) is 0 Å². The van der Waals surface area contributed by atoms with Gasteiger partial charge in [-0.05, 0) is 18.8 Å². The van der Waals surface area contributed by atoms with Crippen molar-refractivity contribution in [1.29, 1.82) is 0 Å². The summed E-state index contributed by atoms with van der Waals surface area (Å²) >= 11 is 0. The molecule has 0 saturated carbocycles. The summed E-state index contributed by atoms with van der Waals surface area (Å²) in [7, 11) is 0. The zero-order valence-electron chi connectivity index (χ0n) is 12.2. The predicted molar refractivity (Wildman–Crippen MR) is 74.4 cm³/mol. The van der Waals surface area contributed by atoms with Crippen LogP contribution < -0.4 is 0 Å². The molecule has 0 spiro atoms. The third kappa shape index (κ3) is 3.37. The highest BCUT2D eigenvalue weighted by molar-refractivity contribution is 4.97. The van der Waals surface area contributed by atoms with Crippen molar-refractivity contribution in [3.05, 3.63) is 11.6 Å². The number of H-pyrrole nitrogens is 1. The minimum Gasteiger partial charge on any atom is -0.381 e. The van der Waals surface area contributed by atoms with Crippen LogP contribution in [0.25, 0.3) is 0 Å². The normalized spacial score (nSPS) is 28.1. The minimum absolute atomic E-state index is 0.00734. The molecule has 6 nitrogen and oxygen atoms in total. The van der Waals surface area contributed by atoms with Crippen molar-refractivity contribution >= 4 is 0 Å². The second kappa shape index (κ2) is 6.65. The molecule has 6 heteroatoms. The number of hydrogen-bond donors (Lipinski definition) is 1. The Morgan fingerprint density at radius 3 is 3.15 bits per heavy atom. The number of morpholine rings is 1. The van der Waals surface area contributed by atoms with Gasteiger partial charge in [-0.1, -0.05) is 6.92 Å². The molecule has 2 aliphatic heterocycles. The maximum atomic E-state index is 5.83. The molecule has 3 rings (SSSR count). The van der Waals surface area contributed by atoms with Crippen molar-refractivity contribution in [3.8, 4) is 0 Å². The Morgan fingerprint density at radius 1 is 1.40 bits per heavy atom. The number of aromatic amines is 1. The summed E-state index contributed by atoms with van der Waals surface area (Å²) in [6.45, 7) is 7.72. The van der Waals surface area contributed by atoms with Crippen LogP contribution in [0.5, 0.6) is 0 Å². The molecule has 0 unspecified atom stereocenters. The van der Waals surface area contributed by atoms with Gasteiger partial charge in [0.25, 0.3) is 0 Å². The Balaban J connectivity index is 1.56. The van der Waals surface area contributed by atoms with E-state index in [4.69, 9.17) is 9.47 Å². The lowest BCUT2D eigenvalue weighted by atomic mass is 10.1. The van der Waals surface area contributed by atoms with E-state index in [1.165, 1.54) is 6.42 Å². The standard InChI is InChI=1S/C14H24N4O2/c1-2-3-13-15-14(17-16-13)12-9-18(5-7-20-12)8-11-4-6-19-10-11/h11-12H,2-10H2,1H3,(H,15,16,17)/t11-,12-/m0/s1. The molecular formula is C14H24N4O2. The number of rotatable bonds is 5. The number of aromatic nitrogens is 3. The predicted octanol–water partition coefficient (Wildman–Crippen LogP) is 1.17. The minimum atomic E-state index is 0.00734. The van der Waals surface area contributed by atoms with E-state index in [0.717, 1.165) is 63.9 Å². The monoisotopic (exact) mass is 280 g/mol. The lowest BCUT2D eigenvalue weighted by molar-refractivity contribution is -0.0388. The van der Waals surface area contributed by atoms with Gasteiger partial charge in [-0.2, -0.15) is 5.10 Å². The highest BCUT2D eigenvalue weighted by Crippen LogP contribution is 2.22. The molecule has 3 heterocycles. The summed E-state index contributed by atoms with van der Waals surface area (Å²) < 4.78 is 11.3. The molecule has 0 aliphatic carbocycles. The lowest BCUT2D eigenvalue weighted by Crippen LogP contribution is -2.41. The average molecular weight is 280 g/mol. The highest BCUT2D eigenvalue weighted by Gasteiger charge is 2.27. The van der Waals surface area contributed by atoms with Crippen molar-refractivity contribution in [2.45, 2.75) is 32.3 Å². The number of ether oxygens (including phenoxy) is 2. The maximum Gasteiger partial charge on any atom is 0.180 e. The number of nitrogens with one attached hydrogen (secondary N) is 1. The first-order valence-electron chi connectivity index (χ1n) is 7.68. The zero-order valence-corrected chi connectivity index (χ0v) is 12.2. The van der Waals surface area contributed by atoms with Crippen molar-refractivity contribution in [2.24, 2.45) is 5.92 Å². The summed E-state index contributed by atoms with van der Waals surface area (Å²) in [4.78, 5) is 7.01. The average Bonchev–Trinajstić information content (AvgIpc) is 3.11. The molecule has 0 aromatic carbocycles. The molecule has 0 amide bonds. The van der Waals surface area contributed by atoms with Crippen LogP contribution in [-0.2, 0) is 15.9 Å². The van der Waals surface area contributed by atoms with E-state index in [9.17, 15) is 0 Å². The van der Waals surface area contributed by atoms with E-state index in [1.807, 2.05) is 0 Å². The molecule has 2 atom stereocenters. The molecule has 1 aromatic heterocycles. The third-order valence-electron chi connectivity index (χ3n) is 4.01. The van der Waals surface area contributed by atoms with Crippen molar-refractivity contribution < 1.29 is 9.47 Å². The van der Waals surface area contributed by atoms with Gasteiger partial charge in [0.2, 0.25) is 0 Å². The number of hydrogen-bond acceptors (Lipinski definition) is 5. The highest BCUT2D eigenvalue weighted by atomic mass is 16.5. The first-order valence-corrected chi connectivity index (χ1v) is 7.68. The van der Waals surface area contributed by atoms with Gasteiger partial charge >= 0.3 is 0 Å². The molecular weight excluding hydrogens is 256 g/mol. The quantitative estimate of drug-likeness (QED) is 0.877. The summed E-state index contributed by atoms with van der Waals surface area (Å²) in [5.41, 5.74) is 0. The van der Waals surface area contributed by atoms with E-state index in [0.29, 0.717) is 5.92 Å². The van der Waals surface area contributed by atoms with Gasteiger partial charge < -0.3 is 9.47 Å². The zero-order chi connectivity index (χ0) is 13.8. The van der Waals surface area contributed by atoms with Crippen molar-refractivity contribution in [3.63, 3.8) is 0 Å². The Labute approximate surface area is 119 Å². The summed E-state index contributed by atoms with van der Waals surface area (Å²) in [6.07, 6.45) is 3.22. The molecule has 1 N–H and O–H groups in total. The first-order chi connectivity index (χ1) is 9.85. The second-order valence-electron chi connectivity index (χ2n) is 5.74. The molecule has 1 aromatic rings. The number of nitrogens with zero attached hydrogens (tertiary/aromatic N) is 3. The van der Waals surface area contributed by atoms with E-state index in [-0.39, 0.29) is 6.10 Å². The van der Waals surface area contributed by atoms with Gasteiger partial charge in [-0.15, -0.1) is 0 Å². The molecule has 0 radical (unpaired) electrons. The fraction of sp³-hybridized carbons (Fsp3) is 0.857. The van der Waals surface area contributed by atoms with Crippen LogP contribution in [-0.4, -0.2) is 59.5 Å². The summed E-state index contributed by atoms with van der Waals surface area (Å²) in [5, 5.41) is 7.32. The molecule has 2 fully saturated rings. The van der Waals surface area contributed by atoms with Crippen LogP contribution >= 0.6 is 0 Å². The van der Waals surface area contributed by atoms with Gasteiger partial charge in [0, 0.05) is 32.7 Å². The Kier molecular flexibility index (Phi) is 4.65. The smallest absolute Gasteiger partial charge is 0.180 e. The van der Waals surface area contributed by atoms with Crippen LogP contribution in [0, 0.1) is 5.92 Å². The Morgan fingerprint density at radius 2 is 2.35 bits per heavy atom. The van der Waals surface area contributed by atoms with E-state index < -0.39 is 0 Å². The molecule has 0 bridgehead atoms. The summed E-state index contributed by atoms with van der Waals surface area (Å²) in [6, 6.07) is 0. The molecule has 112 valence electrons. The van der Waals surface area contributed by atoms with Gasteiger partial charge in [-0.25, -0.2) is 4.98 Å². The van der Waals surface area contributed by atoms with Crippen molar-refractivity contribution in [2.75, 3.05) is 39.5 Å².